The molecule has 0 radical (unpaired) electrons. The monoisotopic (exact) mass is 725 g/mol. The minimum Gasteiger partial charge on any atom is -0.370 e. The van der Waals surface area contributed by atoms with Gasteiger partial charge in [0.05, 0.1) is 11.4 Å². The molecular formula is C36H51N7O5S2. The average Bonchev–Trinajstić information content (AvgIpc) is 3.48. The number of pyridine rings is 1. The second kappa shape index (κ2) is 20.6. The van der Waals surface area contributed by atoms with Crippen molar-refractivity contribution in [3.63, 3.8) is 0 Å². The van der Waals surface area contributed by atoms with Gasteiger partial charge in [-0.15, -0.1) is 0 Å². The summed E-state index contributed by atoms with van der Waals surface area (Å²) < 4.78 is 0. The molecule has 0 unspecified atom stereocenters. The SMILES string of the molecule is CC[C@H](C)[C@H](NC(=O)[C@H](CC(C)C)NC(=O)[C@H](Cc1c[nH]c2ccccc12)NC(=O)CCSCc1cccc(CSCCC(N)=O)n1)C(N)=O. The smallest absolute Gasteiger partial charge is 0.243 e. The van der Waals surface area contributed by atoms with E-state index in [0.29, 0.717) is 42.3 Å². The maximum atomic E-state index is 13.9. The Hall–Kier alpha value is -4.04. The van der Waals surface area contributed by atoms with E-state index in [1.165, 1.54) is 0 Å². The number of fused-ring (bicyclic) bond motifs is 1. The molecular weight excluding hydrogens is 675 g/mol. The van der Waals surface area contributed by atoms with Crippen LogP contribution in [0.3, 0.4) is 0 Å². The average molecular weight is 726 g/mol. The number of benzene rings is 1. The molecule has 0 spiro atoms. The summed E-state index contributed by atoms with van der Waals surface area (Å²) in [5.74, 6) is 0.0762. The van der Waals surface area contributed by atoms with Crippen LogP contribution >= 0.6 is 23.5 Å². The highest BCUT2D eigenvalue weighted by atomic mass is 32.2. The summed E-state index contributed by atoms with van der Waals surface area (Å²) in [5.41, 5.74) is 14.4. The summed E-state index contributed by atoms with van der Waals surface area (Å²) in [7, 11) is 0. The molecule has 0 saturated carbocycles. The number of carbonyl (C=O) groups is 5. The van der Waals surface area contributed by atoms with Crippen molar-refractivity contribution in [3.05, 3.63) is 65.6 Å². The van der Waals surface area contributed by atoms with E-state index in [-0.39, 0.29) is 36.5 Å². The molecule has 0 bridgehead atoms. The summed E-state index contributed by atoms with van der Waals surface area (Å²) in [6.07, 6.45) is 3.50. The third kappa shape index (κ3) is 13.3. The molecule has 0 saturated heterocycles. The highest BCUT2D eigenvalue weighted by molar-refractivity contribution is 7.98. The van der Waals surface area contributed by atoms with Crippen LogP contribution in [0, 0.1) is 11.8 Å². The molecule has 4 atom stereocenters. The van der Waals surface area contributed by atoms with Crippen molar-refractivity contribution in [1.29, 1.82) is 0 Å². The number of primary amides is 2. The number of nitrogens with zero attached hydrogens (tertiary/aromatic N) is 1. The lowest BCUT2D eigenvalue weighted by atomic mass is 9.96. The number of H-pyrrole nitrogens is 1. The van der Waals surface area contributed by atoms with E-state index in [0.717, 1.165) is 27.9 Å². The fraction of sp³-hybridized carbons (Fsp3) is 0.500. The normalized spacial score (nSPS) is 13.7. The summed E-state index contributed by atoms with van der Waals surface area (Å²) in [6.45, 7) is 7.61. The molecule has 272 valence electrons. The summed E-state index contributed by atoms with van der Waals surface area (Å²) >= 11 is 3.16. The molecule has 12 nitrogen and oxygen atoms in total. The Morgan fingerprint density at radius 3 is 2.08 bits per heavy atom. The zero-order valence-corrected chi connectivity index (χ0v) is 31.0. The quantitative estimate of drug-likeness (QED) is 0.0844. The molecule has 5 amide bonds. The van der Waals surface area contributed by atoms with Gasteiger partial charge in [-0.3, -0.25) is 29.0 Å². The largest absolute Gasteiger partial charge is 0.370 e. The van der Waals surface area contributed by atoms with Crippen LogP contribution < -0.4 is 27.4 Å². The highest BCUT2D eigenvalue weighted by Crippen LogP contribution is 2.20. The topological polar surface area (TPSA) is 202 Å². The first-order valence-electron chi connectivity index (χ1n) is 17.0. The fourth-order valence-electron chi connectivity index (χ4n) is 5.34. The number of nitrogens with one attached hydrogen (secondary N) is 4. The zero-order chi connectivity index (χ0) is 36.6. The van der Waals surface area contributed by atoms with Crippen LogP contribution in [-0.4, -0.2) is 69.1 Å². The Bertz CT molecular complexity index is 1600. The first-order chi connectivity index (χ1) is 23.9. The van der Waals surface area contributed by atoms with E-state index in [2.05, 4.69) is 25.9 Å². The van der Waals surface area contributed by atoms with Crippen molar-refractivity contribution in [2.24, 2.45) is 23.3 Å². The predicted molar refractivity (Wildman–Crippen MR) is 201 cm³/mol. The van der Waals surface area contributed by atoms with Crippen LogP contribution in [0.25, 0.3) is 10.9 Å². The number of aromatic nitrogens is 2. The van der Waals surface area contributed by atoms with Gasteiger partial charge in [-0.1, -0.05) is 58.4 Å². The van der Waals surface area contributed by atoms with Crippen molar-refractivity contribution in [3.8, 4) is 0 Å². The molecule has 3 aromatic rings. The standard InChI is InChI=1S/C36H51N7O5S2/c1-5-23(4)33(34(38)46)43-36(48)29(17-22(2)3)42-35(47)30(18-24-19-39-28-12-7-6-11-27(24)28)41-32(45)14-16-50-21-26-10-8-9-25(40-26)20-49-15-13-31(37)44/h6-12,19,22-23,29-30,33,39H,5,13-18,20-21H2,1-4H3,(H2,37,44)(H2,38,46)(H,41,45)(H,42,47)(H,43,48)/t23-,29-,30-,33-/m0/s1. The molecule has 8 N–H and O–H groups in total. The number of carbonyl (C=O) groups excluding carboxylic acids is 5. The third-order valence-electron chi connectivity index (χ3n) is 8.24. The van der Waals surface area contributed by atoms with Crippen LogP contribution in [0.15, 0.2) is 48.7 Å². The number of nitrogens with two attached hydrogens (primary N) is 2. The van der Waals surface area contributed by atoms with E-state index < -0.39 is 35.8 Å². The third-order valence-corrected chi connectivity index (χ3v) is 10.2. The predicted octanol–water partition coefficient (Wildman–Crippen LogP) is 3.57. The van der Waals surface area contributed by atoms with Gasteiger partial charge in [-0.25, -0.2) is 0 Å². The van der Waals surface area contributed by atoms with Crippen molar-refractivity contribution in [2.45, 2.75) is 89.4 Å². The van der Waals surface area contributed by atoms with E-state index >= 15 is 0 Å². The van der Waals surface area contributed by atoms with Crippen LogP contribution in [0.1, 0.15) is 70.3 Å². The second-order valence-electron chi connectivity index (χ2n) is 12.8. The summed E-state index contributed by atoms with van der Waals surface area (Å²) in [6, 6.07) is 10.8. The molecule has 0 aliphatic heterocycles. The number of aromatic amines is 1. The van der Waals surface area contributed by atoms with Gasteiger partial charge in [-0.2, -0.15) is 23.5 Å². The lowest BCUT2D eigenvalue weighted by Crippen LogP contribution is -2.58. The van der Waals surface area contributed by atoms with Crippen molar-refractivity contribution in [2.75, 3.05) is 11.5 Å². The molecule has 2 heterocycles. The molecule has 50 heavy (non-hydrogen) atoms. The van der Waals surface area contributed by atoms with Crippen LogP contribution in [0.2, 0.25) is 0 Å². The number of amides is 5. The van der Waals surface area contributed by atoms with Gasteiger partial charge in [0.2, 0.25) is 29.5 Å². The van der Waals surface area contributed by atoms with Gasteiger partial charge in [0.25, 0.3) is 0 Å². The summed E-state index contributed by atoms with van der Waals surface area (Å²) in [4.78, 5) is 71.5. The van der Waals surface area contributed by atoms with Gasteiger partial charge in [0.15, 0.2) is 0 Å². The number of rotatable bonds is 22. The van der Waals surface area contributed by atoms with Crippen LogP contribution in [0.4, 0.5) is 0 Å². The molecule has 3 rings (SSSR count). The van der Waals surface area contributed by atoms with Crippen LogP contribution in [-0.2, 0) is 41.9 Å². The summed E-state index contributed by atoms with van der Waals surface area (Å²) in [5, 5.41) is 9.46. The zero-order valence-electron chi connectivity index (χ0n) is 29.3. The first kappa shape index (κ1) is 40.4. The van der Waals surface area contributed by atoms with Crippen molar-refractivity contribution < 1.29 is 24.0 Å². The number of para-hydroxylation sites is 1. The maximum absolute atomic E-state index is 13.9. The lowest BCUT2D eigenvalue weighted by molar-refractivity contribution is -0.134. The van der Waals surface area contributed by atoms with E-state index in [4.69, 9.17) is 11.5 Å². The number of hydrogen-bond donors (Lipinski definition) is 6. The van der Waals surface area contributed by atoms with Crippen LogP contribution in [0.5, 0.6) is 0 Å². The van der Waals surface area contributed by atoms with E-state index in [1.807, 2.05) is 76.4 Å². The van der Waals surface area contributed by atoms with Gasteiger partial charge in [0.1, 0.15) is 18.1 Å². The molecule has 0 aliphatic carbocycles. The van der Waals surface area contributed by atoms with Gasteiger partial charge in [-0.05, 0) is 42.0 Å². The Labute approximate surface area is 302 Å². The van der Waals surface area contributed by atoms with Crippen molar-refractivity contribution >= 4 is 64.0 Å². The fourth-order valence-corrected chi connectivity index (χ4v) is 7.04. The van der Waals surface area contributed by atoms with E-state index in [1.54, 1.807) is 23.5 Å². The Kier molecular flexibility index (Phi) is 16.6. The molecule has 14 heteroatoms. The van der Waals surface area contributed by atoms with Crippen molar-refractivity contribution in [1.82, 2.24) is 25.9 Å². The molecule has 1 aromatic carbocycles. The number of hydrogen-bond acceptors (Lipinski definition) is 8. The molecule has 0 aliphatic rings. The van der Waals surface area contributed by atoms with Gasteiger partial charge < -0.3 is 32.4 Å². The van der Waals surface area contributed by atoms with Gasteiger partial charge >= 0.3 is 0 Å². The maximum Gasteiger partial charge on any atom is 0.243 e. The number of thioether (sulfide) groups is 2. The first-order valence-corrected chi connectivity index (χ1v) is 19.3. The minimum atomic E-state index is -0.957. The highest BCUT2D eigenvalue weighted by Gasteiger charge is 2.31. The Morgan fingerprint density at radius 2 is 1.46 bits per heavy atom. The van der Waals surface area contributed by atoms with Gasteiger partial charge in [0, 0.05) is 59.4 Å². The Balaban J connectivity index is 1.67. The Morgan fingerprint density at radius 1 is 0.820 bits per heavy atom. The molecule has 2 aromatic heterocycles. The second-order valence-corrected chi connectivity index (χ2v) is 15.1. The molecule has 0 fully saturated rings. The van der Waals surface area contributed by atoms with E-state index in [9.17, 15) is 24.0 Å². The lowest BCUT2D eigenvalue weighted by Gasteiger charge is -2.27. The minimum absolute atomic E-state index is 0.0520.